The molecule has 0 spiro atoms. The minimum Gasteiger partial charge on any atom is -0.359 e. The fourth-order valence-electron chi connectivity index (χ4n) is 3.93. The maximum atomic E-state index is 13.1. The normalized spacial score (nSPS) is 15.8. The first-order valence-electron chi connectivity index (χ1n) is 10.9. The standard InChI is InChI=1S/C24H20F3N7O2/c1-13(31-23(35)19-10-16(29-12-30-19)14-5-7-28-8-6-14)21-11-18(33-36-21)22-32-17-9-15(24(25,26)27)3-4-20(17)34(22)2/h3-13,22,32H,1-2H3,(H,31,35)/t13-,22?/m1/s1. The van der Waals surface area contributed by atoms with E-state index in [0.29, 0.717) is 28.5 Å². The summed E-state index contributed by atoms with van der Waals surface area (Å²) in [4.78, 5) is 26.8. The summed E-state index contributed by atoms with van der Waals surface area (Å²) in [6, 6.07) is 9.75. The van der Waals surface area contributed by atoms with Gasteiger partial charge in [0.15, 0.2) is 5.76 Å². The Hall–Kier alpha value is -4.48. The van der Waals surface area contributed by atoms with E-state index < -0.39 is 29.9 Å². The molecule has 0 saturated carbocycles. The van der Waals surface area contributed by atoms with Crippen molar-refractivity contribution in [2.24, 2.45) is 0 Å². The molecule has 0 radical (unpaired) electrons. The molecule has 0 fully saturated rings. The molecule has 4 heterocycles. The van der Waals surface area contributed by atoms with Crippen molar-refractivity contribution in [3.63, 3.8) is 0 Å². The van der Waals surface area contributed by atoms with Crippen molar-refractivity contribution in [2.45, 2.75) is 25.3 Å². The van der Waals surface area contributed by atoms with Crippen LogP contribution >= 0.6 is 0 Å². The number of benzene rings is 1. The third kappa shape index (κ3) is 4.44. The monoisotopic (exact) mass is 495 g/mol. The number of rotatable bonds is 5. The van der Waals surface area contributed by atoms with Crippen LogP contribution in [0.2, 0.25) is 0 Å². The van der Waals surface area contributed by atoms with E-state index in [4.69, 9.17) is 4.52 Å². The summed E-state index contributed by atoms with van der Waals surface area (Å²) >= 11 is 0. The molecule has 9 nitrogen and oxygen atoms in total. The second-order valence-electron chi connectivity index (χ2n) is 8.26. The van der Waals surface area contributed by atoms with Crippen LogP contribution in [0.25, 0.3) is 11.3 Å². The number of hydrogen-bond acceptors (Lipinski definition) is 8. The number of carbonyl (C=O) groups excluding carboxylic acids is 1. The van der Waals surface area contributed by atoms with E-state index in [9.17, 15) is 18.0 Å². The van der Waals surface area contributed by atoms with Crippen LogP contribution in [0.5, 0.6) is 0 Å². The average molecular weight is 495 g/mol. The summed E-state index contributed by atoms with van der Waals surface area (Å²) in [6.07, 6.45) is -0.402. The first kappa shape index (κ1) is 23.3. The minimum absolute atomic E-state index is 0.177. The predicted octanol–water partition coefficient (Wildman–Crippen LogP) is 4.60. The lowest BCUT2D eigenvalue weighted by molar-refractivity contribution is -0.137. The number of aromatic nitrogens is 4. The molecular weight excluding hydrogens is 475 g/mol. The highest BCUT2D eigenvalue weighted by Gasteiger charge is 2.35. The third-order valence-electron chi connectivity index (χ3n) is 5.86. The van der Waals surface area contributed by atoms with E-state index in [1.165, 1.54) is 12.4 Å². The maximum absolute atomic E-state index is 13.1. The highest BCUT2D eigenvalue weighted by Crippen LogP contribution is 2.43. The van der Waals surface area contributed by atoms with Gasteiger partial charge in [0.25, 0.3) is 5.91 Å². The lowest BCUT2D eigenvalue weighted by Gasteiger charge is -2.19. The van der Waals surface area contributed by atoms with Crippen LogP contribution in [0.4, 0.5) is 24.5 Å². The highest BCUT2D eigenvalue weighted by atomic mass is 19.4. The highest BCUT2D eigenvalue weighted by molar-refractivity contribution is 5.93. The number of amides is 1. The lowest BCUT2D eigenvalue weighted by atomic mass is 10.1. The van der Waals surface area contributed by atoms with Crippen LogP contribution in [-0.2, 0) is 6.18 Å². The van der Waals surface area contributed by atoms with Crippen LogP contribution < -0.4 is 15.5 Å². The van der Waals surface area contributed by atoms with Gasteiger partial charge in [-0.3, -0.25) is 9.78 Å². The molecule has 0 aliphatic carbocycles. The van der Waals surface area contributed by atoms with Crippen LogP contribution in [0.3, 0.4) is 0 Å². The molecule has 0 bridgehead atoms. The Kier molecular flexibility index (Phi) is 5.78. The molecule has 2 N–H and O–H groups in total. The van der Waals surface area contributed by atoms with Gasteiger partial charge in [-0.25, -0.2) is 9.97 Å². The third-order valence-corrected chi connectivity index (χ3v) is 5.86. The van der Waals surface area contributed by atoms with Crippen molar-refractivity contribution in [1.29, 1.82) is 0 Å². The van der Waals surface area contributed by atoms with Gasteiger partial charge in [0.2, 0.25) is 0 Å². The molecule has 4 aromatic rings. The largest absolute Gasteiger partial charge is 0.416 e. The molecule has 12 heteroatoms. The van der Waals surface area contributed by atoms with Crippen molar-refractivity contribution < 1.29 is 22.5 Å². The maximum Gasteiger partial charge on any atom is 0.416 e. The summed E-state index contributed by atoms with van der Waals surface area (Å²) in [7, 11) is 1.74. The SMILES string of the molecule is C[C@@H](NC(=O)c1cc(-c2ccncc2)ncn1)c1cc(C2Nc3cc(C(F)(F)F)ccc3N2C)no1. The molecule has 5 rings (SSSR count). The average Bonchev–Trinajstić information content (AvgIpc) is 3.49. The lowest BCUT2D eigenvalue weighted by Crippen LogP contribution is -2.27. The van der Waals surface area contributed by atoms with Gasteiger partial charge < -0.3 is 20.1 Å². The molecule has 0 saturated heterocycles. The predicted molar refractivity (Wildman–Crippen MR) is 124 cm³/mol. The summed E-state index contributed by atoms with van der Waals surface area (Å²) in [5.74, 6) is -0.0507. The number of carbonyl (C=O) groups is 1. The van der Waals surface area contributed by atoms with Crippen LogP contribution in [0.15, 0.2) is 65.7 Å². The van der Waals surface area contributed by atoms with Crippen molar-refractivity contribution in [3.05, 3.63) is 83.9 Å². The topological polar surface area (TPSA) is 109 Å². The smallest absolute Gasteiger partial charge is 0.359 e. The fourth-order valence-corrected chi connectivity index (χ4v) is 3.93. The van der Waals surface area contributed by atoms with Crippen molar-refractivity contribution in [3.8, 4) is 11.3 Å². The molecular formula is C24H20F3N7O2. The Labute approximate surface area is 203 Å². The first-order valence-corrected chi connectivity index (χ1v) is 10.9. The molecule has 3 aromatic heterocycles. The van der Waals surface area contributed by atoms with Gasteiger partial charge in [0.05, 0.1) is 28.7 Å². The van der Waals surface area contributed by atoms with E-state index in [0.717, 1.165) is 17.7 Å². The number of alkyl halides is 3. The molecule has 2 atom stereocenters. The minimum atomic E-state index is -4.44. The molecule has 1 aliphatic heterocycles. The zero-order chi connectivity index (χ0) is 25.4. The number of anilines is 2. The van der Waals surface area contributed by atoms with Crippen molar-refractivity contribution in [2.75, 3.05) is 17.3 Å². The summed E-state index contributed by atoms with van der Waals surface area (Å²) in [5, 5.41) is 9.94. The zero-order valence-electron chi connectivity index (χ0n) is 19.1. The van der Waals surface area contributed by atoms with Gasteiger partial charge in [-0.2, -0.15) is 13.2 Å². The number of pyridine rings is 1. The van der Waals surface area contributed by atoms with Crippen LogP contribution in [0, 0.1) is 0 Å². The second-order valence-corrected chi connectivity index (χ2v) is 8.26. The van der Waals surface area contributed by atoms with Crippen LogP contribution in [-0.4, -0.2) is 33.1 Å². The van der Waals surface area contributed by atoms with Gasteiger partial charge in [-0.15, -0.1) is 0 Å². The zero-order valence-corrected chi connectivity index (χ0v) is 19.1. The van der Waals surface area contributed by atoms with Crippen LogP contribution in [0.1, 0.15) is 46.6 Å². The van der Waals surface area contributed by atoms with Crippen molar-refractivity contribution >= 4 is 17.3 Å². The van der Waals surface area contributed by atoms with Crippen molar-refractivity contribution in [1.82, 2.24) is 25.4 Å². The van der Waals surface area contributed by atoms with Gasteiger partial charge >= 0.3 is 6.18 Å². The second kappa shape index (κ2) is 8.95. The molecule has 1 unspecified atom stereocenters. The van der Waals surface area contributed by atoms with Gasteiger partial charge in [-0.1, -0.05) is 5.16 Å². The fraction of sp³-hybridized carbons (Fsp3) is 0.208. The molecule has 36 heavy (non-hydrogen) atoms. The van der Waals surface area contributed by atoms with E-state index >= 15 is 0 Å². The molecule has 1 amide bonds. The number of halogens is 3. The number of nitrogens with zero attached hydrogens (tertiary/aromatic N) is 5. The van der Waals surface area contributed by atoms with E-state index in [1.54, 1.807) is 55.5 Å². The van der Waals surface area contributed by atoms with Gasteiger partial charge in [0.1, 0.15) is 23.9 Å². The summed E-state index contributed by atoms with van der Waals surface area (Å²) in [5.41, 5.74) is 2.22. The van der Waals surface area contributed by atoms with Gasteiger partial charge in [0, 0.05) is 31.1 Å². The van der Waals surface area contributed by atoms with E-state index in [1.807, 2.05) is 0 Å². The quantitative estimate of drug-likeness (QED) is 0.414. The number of hydrogen-bond donors (Lipinski definition) is 2. The number of nitrogens with one attached hydrogen (secondary N) is 2. The summed E-state index contributed by atoms with van der Waals surface area (Å²) < 4.78 is 44.7. The Morgan fingerprint density at radius 2 is 1.92 bits per heavy atom. The van der Waals surface area contributed by atoms with E-state index in [-0.39, 0.29) is 5.69 Å². The Morgan fingerprint density at radius 3 is 2.67 bits per heavy atom. The summed E-state index contributed by atoms with van der Waals surface area (Å²) in [6.45, 7) is 1.73. The van der Waals surface area contributed by atoms with Gasteiger partial charge in [-0.05, 0) is 43.3 Å². The molecule has 184 valence electrons. The number of fused-ring (bicyclic) bond motifs is 1. The van der Waals surface area contributed by atoms with E-state index in [2.05, 4.69) is 30.7 Å². The Bertz CT molecular complexity index is 1410. The Balaban J connectivity index is 1.29. The Morgan fingerprint density at radius 1 is 1.14 bits per heavy atom. The first-order chi connectivity index (χ1) is 17.2. The molecule has 1 aliphatic rings. The molecule has 1 aromatic carbocycles.